The summed E-state index contributed by atoms with van der Waals surface area (Å²) in [5, 5.41) is 13.2. The molecule has 0 aromatic heterocycles. The van der Waals surface area contributed by atoms with Crippen LogP contribution in [0.25, 0.3) is 0 Å². The smallest absolute Gasteiger partial charge is 0.118 e. The van der Waals surface area contributed by atoms with E-state index in [1.165, 1.54) is 5.57 Å². The van der Waals surface area contributed by atoms with E-state index in [0.29, 0.717) is 10.9 Å². The van der Waals surface area contributed by atoms with Gasteiger partial charge in [-0.25, -0.2) is 0 Å². The second-order valence-corrected chi connectivity index (χ2v) is 7.18. The molecule has 0 saturated heterocycles. The van der Waals surface area contributed by atoms with Crippen LogP contribution in [0, 0.1) is 11.3 Å². The van der Waals surface area contributed by atoms with Crippen LogP contribution in [0.5, 0.6) is 0 Å². The first-order valence-electron chi connectivity index (χ1n) is 8.00. The first-order valence-corrected chi connectivity index (χ1v) is 8.41. The molecule has 3 heteroatoms. The minimum absolute atomic E-state index is 0.174. The zero-order chi connectivity index (χ0) is 16.9. The van der Waals surface area contributed by atoms with Gasteiger partial charge in [-0.1, -0.05) is 62.0 Å². The number of hydrogen-bond donors (Lipinski definition) is 2. The molecule has 2 N–H and O–H groups in total. The lowest BCUT2D eigenvalue weighted by Gasteiger charge is -2.36. The van der Waals surface area contributed by atoms with Crippen LogP contribution in [-0.2, 0) is 0 Å². The Bertz CT molecular complexity index is 641. The molecule has 1 aromatic rings. The summed E-state index contributed by atoms with van der Waals surface area (Å²) in [6, 6.07) is 9.70. The molecule has 23 heavy (non-hydrogen) atoms. The molecule has 2 nitrogen and oxygen atoms in total. The number of hydrogen-bond acceptors (Lipinski definition) is 2. The van der Waals surface area contributed by atoms with E-state index in [1.54, 1.807) is 12.2 Å². The van der Waals surface area contributed by atoms with E-state index in [1.807, 2.05) is 30.3 Å². The number of rotatable bonds is 4. The topological polar surface area (TPSA) is 32.3 Å². The second kappa shape index (κ2) is 7.60. The highest BCUT2D eigenvalue weighted by Gasteiger charge is 2.30. The molecular formula is C20H25NOS. The Morgan fingerprint density at radius 2 is 2.00 bits per heavy atom. The fourth-order valence-electron chi connectivity index (χ4n) is 3.06. The molecule has 122 valence electrons. The highest BCUT2D eigenvalue weighted by molar-refractivity contribution is 7.81. The molecule has 1 unspecified atom stereocenters. The van der Waals surface area contributed by atoms with Gasteiger partial charge < -0.3 is 10.4 Å². The van der Waals surface area contributed by atoms with Gasteiger partial charge in [0.1, 0.15) is 10.7 Å². The maximum absolute atomic E-state index is 10.1. The maximum atomic E-state index is 10.1. The van der Waals surface area contributed by atoms with Crippen molar-refractivity contribution in [2.75, 3.05) is 5.32 Å². The number of benzene rings is 1. The summed E-state index contributed by atoms with van der Waals surface area (Å²) in [5.74, 6) is 0.523. The zero-order valence-electron chi connectivity index (χ0n) is 14.0. The van der Waals surface area contributed by atoms with Crippen LogP contribution in [-0.4, -0.2) is 10.1 Å². The van der Waals surface area contributed by atoms with Gasteiger partial charge in [0.2, 0.25) is 0 Å². The van der Waals surface area contributed by atoms with Crippen molar-refractivity contribution in [1.29, 1.82) is 0 Å². The summed E-state index contributed by atoms with van der Waals surface area (Å²) in [6.45, 7) is 6.72. The fraction of sp³-hybridized carbons (Fsp3) is 0.350. The normalized spacial score (nSPS) is 21.1. The van der Waals surface area contributed by atoms with Crippen molar-refractivity contribution >= 4 is 22.9 Å². The van der Waals surface area contributed by atoms with E-state index in [9.17, 15) is 5.11 Å². The lowest BCUT2D eigenvalue weighted by molar-refractivity contribution is 0.255. The molecule has 0 amide bonds. The summed E-state index contributed by atoms with van der Waals surface area (Å²) in [6.07, 6.45) is 10.0. The lowest BCUT2D eigenvalue weighted by atomic mass is 9.68. The SMILES string of the molecule is CC1=CCCC(C)(C)C1C=CC(O)=CC(=S)Nc1ccccc1. The molecule has 0 spiro atoms. The van der Waals surface area contributed by atoms with Crippen molar-refractivity contribution in [2.45, 2.75) is 33.6 Å². The molecular weight excluding hydrogens is 302 g/mol. The Morgan fingerprint density at radius 1 is 1.30 bits per heavy atom. The average Bonchev–Trinajstić information content (AvgIpc) is 2.46. The van der Waals surface area contributed by atoms with Crippen LogP contribution in [0.15, 0.2) is 66.0 Å². The quantitative estimate of drug-likeness (QED) is 0.241. The third kappa shape index (κ3) is 5.07. The summed E-state index contributed by atoms with van der Waals surface area (Å²) in [4.78, 5) is 0.494. The fourth-order valence-corrected chi connectivity index (χ4v) is 3.30. The van der Waals surface area contributed by atoms with Crippen molar-refractivity contribution in [1.82, 2.24) is 0 Å². The predicted molar refractivity (Wildman–Crippen MR) is 103 cm³/mol. The Balaban J connectivity index is 2.02. The summed E-state index contributed by atoms with van der Waals surface area (Å²) in [5.41, 5.74) is 2.51. The molecule has 0 saturated carbocycles. The highest BCUT2D eigenvalue weighted by atomic mass is 32.1. The van der Waals surface area contributed by atoms with E-state index < -0.39 is 0 Å². The third-order valence-corrected chi connectivity index (χ3v) is 4.59. The number of anilines is 1. The van der Waals surface area contributed by atoms with Gasteiger partial charge in [0, 0.05) is 17.7 Å². The average molecular weight is 327 g/mol. The molecule has 0 aliphatic heterocycles. The maximum Gasteiger partial charge on any atom is 0.118 e. The number of nitrogens with one attached hydrogen (secondary N) is 1. The van der Waals surface area contributed by atoms with Gasteiger partial charge in [0.05, 0.1) is 0 Å². The number of para-hydroxylation sites is 1. The molecule has 1 aliphatic carbocycles. The molecule has 0 bridgehead atoms. The van der Waals surface area contributed by atoms with E-state index in [4.69, 9.17) is 12.2 Å². The Kier molecular flexibility index (Phi) is 5.78. The van der Waals surface area contributed by atoms with Gasteiger partial charge in [-0.05, 0) is 43.4 Å². The Labute approximate surface area is 144 Å². The van der Waals surface area contributed by atoms with Crippen LogP contribution in [0.4, 0.5) is 5.69 Å². The van der Waals surface area contributed by atoms with Crippen molar-refractivity contribution in [3.63, 3.8) is 0 Å². The van der Waals surface area contributed by atoms with Gasteiger partial charge in [-0.3, -0.25) is 0 Å². The van der Waals surface area contributed by atoms with Gasteiger partial charge in [-0.15, -0.1) is 0 Å². The van der Waals surface area contributed by atoms with E-state index in [-0.39, 0.29) is 11.2 Å². The molecule has 0 heterocycles. The van der Waals surface area contributed by atoms with E-state index >= 15 is 0 Å². The van der Waals surface area contributed by atoms with E-state index in [2.05, 4.69) is 38.2 Å². The summed E-state index contributed by atoms with van der Waals surface area (Å²) >= 11 is 5.26. The summed E-state index contributed by atoms with van der Waals surface area (Å²) < 4.78 is 0. The van der Waals surface area contributed by atoms with Crippen LogP contribution < -0.4 is 5.32 Å². The Morgan fingerprint density at radius 3 is 2.65 bits per heavy atom. The van der Waals surface area contributed by atoms with Crippen molar-refractivity contribution in [3.8, 4) is 0 Å². The molecule has 0 radical (unpaired) electrons. The van der Waals surface area contributed by atoms with Gasteiger partial charge in [0.15, 0.2) is 0 Å². The van der Waals surface area contributed by atoms with Crippen LogP contribution in [0.3, 0.4) is 0 Å². The van der Waals surface area contributed by atoms with Crippen molar-refractivity contribution in [3.05, 3.63) is 66.0 Å². The number of allylic oxidation sites excluding steroid dienone is 4. The molecule has 1 aromatic carbocycles. The first kappa shape index (κ1) is 17.5. The number of aliphatic hydroxyl groups is 1. The minimum Gasteiger partial charge on any atom is -0.508 e. The molecule has 0 fully saturated rings. The number of aliphatic hydroxyl groups excluding tert-OH is 1. The number of thiocarbonyl (C=S) groups is 1. The Hall–Kier alpha value is -1.87. The van der Waals surface area contributed by atoms with Crippen LogP contribution >= 0.6 is 12.2 Å². The standard InChI is InChI=1S/C20H25NOS/c1-15-8-7-13-20(2,3)18(15)12-11-17(22)14-19(23)21-16-9-5-4-6-10-16/h4-6,8-12,14,18,22H,7,13H2,1-3H3,(H,21,23). The van der Waals surface area contributed by atoms with Gasteiger partial charge in [-0.2, -0.15) is 0 Å². The van der Waals surface area contributed by atoms with Gasteiger partial charge >= 0.3 is 0 Å². The third-order valence-electron chi connectivity index (χ3n) is 4.37. The molecule has 2 rings (SSSR count). The highest BCUT2D eigenvalue weighted by Crippen LogP contribution is 2.41. The summed E-state index contributed by atoms with van der Waals surface area (Å²) in [7, 11) is 0. The molecule has 1 aliphatic rings. The van der Waals surface area contributed by atoms with Crippen LogP contribution in [0.2, 0.25) is 0 Å². The van der Waals surface area contributed by atoms with Crippen molar-refractivity contribution < 1.29 is 5.11 Å². The monoisotopic (exact) mass is 327 g/mol. The van der Waals surface area contributed by atoms with Crippen molar-refractivity contribution in [2.24, 2.45) is 11.3 Å². The first-order chi connectivity index (χ1) is 10.9. The molecule has 1 atom stereocenters. The van der Waals surface area contributed by atoms with Crippen LogP contribution in [0.1, 0.15) is 33.6 Å². The minimum atomic E-state index is 0.174. The van der Waals surface area contributed by atoms with Gasteiger partial charge in [0.25, 0.3) is 0 Å². The van der Waals surface area contributed by atoms with E-state index in [0.717, 1.165) is 18.5 Å². The largest absolute Gasteiger partial charge is 0.508 e. The predicted octanol–water partition coefficient (Wildman–Crippen LogP) is 5.81. The zero-order valence-corrected chi connectivity index (χ0v) is 14.9. The lowest BCUT2D eigenvalue weighted by Crippen LogP contribution is -2.26. The second-order valence-electron chi connectivity index (χ2n) is 6.74.